The standard InChI is InChI=1S/C18H20INO2/c1-12(2)16-6-4-5-7-17(16)22-13(3)18(21)20-15-10-8-14(19)9-11-15/h4-13H,1-3H3,(H,20,21)/t13-/m1/s1. The van der Waals surface area contributed by atoms with Crippen LogP contribution >= 0.6 is 22.6 Å². The first-order chi connectivity index (χ1) is 10.5. The second-order valence-corrected chi connectivity index (χ2v) is 6.69. The largest absolute Gasteiger partial charge is 0.481 e. The van der Waals surface area contributed by atoms with E-state index in [1.165, 1.54) is 0 Å². The second-order valence-electron chi connectivity index (χ2n) is 5.45. The van der Waals surface area contributed by atoms with Crippen molar-refractivity contribution in [2.24, 2.45) is 0 Å². The second kappa shape index (κ2) is 7.63. The molecule has 2 aromatic rings. The molecule has 2 aromatic carbocycles. The molecule has 0 saturated heterocycles. The van der Waals surface area contributed by atoms with Crippen molar-refractivity contribution in [3.8, 4) is 5.75 Å². The normalized spacial score (nSPS) is 12.0. The van der Waals surface area contributed by atoms with Crippen molar-refractivity contribution in [2.75, 3.05) is 5.32 Å². The van der Waals surface area contributed by atoms with Crippen LogP contribution in [0.1, 0.15) is 32.3 Å². The van der Waals surface area contributed by atoms with Gasteiger partial charge in [-0.15, -0.1) is 0 Å². The summed E-state index contributed by atoms with van der Waals surface area (Å²) in [6.07, 6.45) is -0.556. The molecule has 4 heteroatoms. The minimum absolute atomic E-state index is 0.153. The molecule has 0 aromatic heterocycles. The summed E-state index contributed by atoms with van der Waals surface area (Å²) >= 11 is 2.23. The van der Waals surface area contributed by atoms with Crippen LogP contribution in [0.5, 0.6) is 5.75 Å². The molecule has 0 spiro atoms. The summed E-state index contributed by atoms with van der Waals surface area (Å²) in [5.41, 5.74) is 1.88. The van der Waals surface area contributed by atoms with Gasteiger partial charge in [-0.1, -0.05) is 32.0 Å². The van der Waals surface area contributed by atoms with Crippen molar-refractivity contribution in [3.05, 3.63) is 57.7 Å². The van der Waals surface area contributed by atoms with E-state index < -0.39 is 6.10 Å². The van der Waals surface area contributed by atoms with Crippen LogP contribution in [0.4, 0.5) is 5.69 Å². The third kappa shape index (κ3) is 4.47. The summed E-state index contributed by atoms with van der Waals surface area (Å²) < 4.78 is 6.98. The van der Waals surface area contributed by atoms with E-state index in [1.807, 2.05) is 48.5 Å². The zero-order chi connectivity index (χ0) is 16.1. The highest BCUT2D eigenvalue weighted by Crippen LogP contribution is 2.26. The quantitative estimate of drug-likeness (QED) is 0.720. The Labute approximate surface area is 145 Å². The number of amides is 1. The average Bonchev–Trinajstić information content (AvgIpc) is 2.49. The zero-order valence-electron chi connectivity index (χ0n) is 13.0. The van der Waals surface area contributed by atoms with Crippen molar-refractivity contribution in [3.63, 3.8) is 0 Å². The van der Waals surface area contributed by atoms with Crippen LogP contribution in [0, 0.1) is 3.57 Å². The van der Waals surface area contributed by atoms with Gasteiger partial charge >= 0.3 is 0 Å². The molecule has 1 atom stereocenters. The molecule has 3 nitrogen and oxygen atoms in total. The Hall–Kier alpha value is -1.56. The summed E-state index contributed by atoms with van der Waals surface area (Å²) in [6, 6.07) is 15.5. The van der Waals surface area contributed by atoms with Gasteiger partial charge in [0.15, 0.2) is 6.10 Å². The van der Waals surface area contributed by atoms with Gasteiger partial charge in [0.1, 0.15) is 5.75 Å². The number of nitrogens with one attached hydrogen (secondary N) is 1. The van der Waals surface area contributed by atoms with E-state index >= 15 is 0 Å². The smallest absolute Gasteiger partial charge is 0.265 e. The van der Waals surface area contributed by atoms with Crippen LogP contribution < -0.4 is 10.1 Å². The number of halogens is 1. The van der Waals surface area contributed by atoms with Gasteiger partial charge in [-0.3, -0.25) is 4.79 Å². The van der Waals surface area contributed by atoms with E-state index in [4.69, 9.17) is 4.74 Å². The maximum absolute atomic E-state index is 12.2. The number of carbonyl (C=O) groups excluding carboxylic acids is 1. The topological polar surface area (TPSA) is 38.3 Å². The summed E-state index contributed by atoms with van der Waals surface area (Å²) in [5.74, 6) is 0.963. The first kappa shape index (κ1) is 16.8. The fraction of sp³-hybridized carbons (Fsp3) is 0.278. The number of anilines is 1. The molecule has 22 heavy (non-hydrogen) atoms. The molecule has 0 radical (unpaired) electrons. The van der Waals surface area contributed by atoms with Crippen molar-refractivity contribution >= 4 is 34.2 Å². The third-order valence-corrected chi connectivity index (χ3v) is 4.04. The number of hydrogen-bond acceptors (Lipinski definition) is 2. The van der Waals surface area contributed by atoms with Crippen molar-refractivity contribution in [2.45, 2.75) is 32.8 Å². The highest BCUT2D eigenvalue weighted by atomic mass is 127. The van der Waals surface area contributed by atoms with Crippen LogP contribution in [-0.2, 0) is 4.79 Å². The SMILES string of the molecule is CC(C)c1ccccc1O[C@H](C)C(=O)Nc1ccc(I)cc1. The third-order valence-electron chi connectivity index (χ3n) is 3.33. The van der Waals surface area contributed by atoms with Crippen molar-refractivity contribution < 1.29 is 9.53 Å². The number of benzene rings is 2. The van der Waals surface area contributed by atoms with Gasteiger partial charge in [0, 0.05) is 9.26 Å². The molecule has 2 rings (SSSR count). The monoisotopic (exact) mass is 409 g/mol. The first-order valence-electron chi connectivity index (χ1n) is 7.29. The molecule has 0 bridgehead atoms. The Kier molecular flexibility index (Phi) is 5.83. The number of hydrogen-bond donors (Lipinski definition) is 1. The van der Waals surface area contributed by atoms with Gasteiger partial charge < -0.3 is 10.1 Å². The molecular formula is C18H20INO2. The molecule has 1 amide bonds. The van der Waals surface area contributed by atoms with Gasteiger partial charge in [-0.25, -0.2) is 0 Å². The van der Waals surface area contributed by atoms with Gasteiger partial charge in [0.25, 0.3) is 5.91 Å². The minimum atomic E-state index is -0.556. The summed E-state index contributed by atoms with van der Waals surface area (Å²) in [4.78, 5) is 12.2. The lowest BCUT2D eigenvalue weighted by Crippen LogP contribution is -2.30. The van der Waals surface area contributed by atoms with Crippen molar-refractivity contribution in [1.82, 2.24) is 0 Å². The van der Waals surface area contributed by atoms with Gasteiger partial charge in [0.2, 0.25) is 0 Å². The van der Waals surface area contributed by atoms with Crippen molar-refractivity contribution in [1.29, 1.82) is 0 Å². The number of carbonyl (C=O) groups is 1. The first-order valence-corrected chi connectivity index (χ1v) is 8.37. The lowest BCUT2D eigenvalue weighted by Gasteiger charge is -2.18. The lowest BCUT2D eigenvalue weighted by atomic mass is 10.0. The Morgan fingerprint density at radius 3 is 2.32 bits per heavy atom. The molecule has 0 unspecified atom stereocenters. The molecule has 0 saturated carbocycles. The number of rotatable bonds is 5. The lowest BCUT2D eigenvalue weighted by molar-refractivity contribution is -0.122. The van der Waals surface area contributed by atoms with E-state index in [-0.39, 0.29) is 5.91 Å². The zero-order valence-corrected chi connectivity index (χ0v) is 15.1. The summed E-state index contributed by atoms with van der Waals surface area (Å²) in [7, 11) is 0. The van der Waals surface area contributed by atoms with E-state index in [9.17, 15) is 4.79 Å². The molecule has 116 valence electrons. The predicted molar refractivity (Wildman–Crippen MR) is 98.4 cm³/mol. The fourth-order valence-electron chi connectivity index (χ4n) is 2.09. The number of para-hydroxylation sites is 1. The highest BCUT2D eigenvalue weighted by Gasteiger charge is 2.17. The fourth-order valence-corrected chi connectivity index (χ4v) is 2.45. The Morgan fingerprint density at radius 1 is 1.05 bits per heavy atom. The molecule has 0 aliphatic rings. The Morgan fingerprint density at radius 2 is 1.68 bits per heavy atom. The Balaban J connectivity index is 2.04. The van der Waals surface area contributed by atoms with E-state index in [1.54, 1.807) is 6.92 Å². The molecular weight excluding hydrogens is 389 g/mol. The molecule has 0 heterocycles. The highest BCUT2D eigenvalue weighted by molar-refractivity contribution is 14.1. The minimum Gasteiger partial charge on any atom is -0.481 e. The maximum Gasteiger partial charge on any atom is 0.265 e. The van der Waals surface area contributed by atoms with Crippen LogP contribution in [-0.4, -0.2) is 12.0 Å². The van der Waals surface area contributed by atoms with Crippen LogP contribution in [0.25, 0.3) is 0 Å². The molecule has 0 fully saturated rings. The maximum atomic E-state index is 12.2. The molecule has 1 N–H and O–H groups in total. The average molecular weight is 409 g/mol. The van der Waals surface area contributed by atoms with Gasteiger partial charge in [0.05, 0.1) is 0 Å². The van der Waals surface area contributed by atoms with E-state index in [0.29, 0.717) is 5.92 Å². The number of ether oxygens (including phenoxy) is 1. The van der Waals surface area contributed by atoms with E-state index in [0.717, 1.165) is 20.6 Å². The van der Waals surface area contributed by atoms with Crippen LogP contribution in [0.2, 0.25) is 0 Å². The van der Waals surface area contributed by atoms with Gasteiger partial charge in [-0.05, 0) is 71.3 Å². The molecule has 0 aliphatic heterocycles. The Bertz CT molecular complexity index is 638. The van der Waals surface area contributed by atoms with Gasteiger partial charge in [-0.2, -0.15) is 0 Å². The van der Waals surface area contributed by atoms with E-state index in [2.05, 4.69) is 41.8 Å². The predicted octanol–water partition coefficient (Wildman–Crippen LogP) is 4.82. The summed E-state index contributed by atoms with van der Waals surface area (Å²) in [6.45, 7) is 5.98. The molecule has 0 aliphatic carbocycles. The summed E-state index contributed by atoms with van der Waals surface area (Å²) in [5, 5.41) is 2.87. The van der Waals surface area contributed by atoms with Crippen LogP contribution in [0.15, 0.2) is 48.5 Å². The van der Waals surface area contributed by atoms with Crippen LogP contribution in [0.3, 0.4) is 0 Å².